The van der Waals surface area contributed by atoms with E-state index in [0.29, 0.717) is 12.8 Å². The number of nitrogens with zero attached hydrogens (tertiary/aromatic N) is 2. The average Bonchev–Trinajstić information content (AvgIpc) is 3.91. The lowest BCUT2D eigenvalue weighted by atomic mass is 9.96. The van der Waals surface area contributed by atoms with Crippen LogP contribution in [0.1, 0.15) is 129 Å². The largest absolute Gasteiger partial charge is 0.508 e. The molecule has 0 radical (unpaired) electrons. The zero-order valence-corrected chi connectivity index (χ0v) is 43.4. The first-order chi connectivity index (χ1) is 35.6. The molecule has 3 aliphatic rings. The molecule has 14 N–H and O–H groups in total. The summed E-state index contributed by atoms with van der Waals surface area (Å²) in [5.74, 6) is -8.97. The van der Waals surface area contributed by atoms with Gasteiger partial charge < -0.3 is 82.3 Å². The highest BCUT2D eigenvalue weighted by atomic mass is 16.3. The predicted octanol–water partition coefficient (Wildman–Crippen LogP) is -1.33. The van der Waals surface area contributed by atoms with E-state index in [1.807, 2.05) is 0 Å². The number of phenols is 1. The second-order valence-electron chi connectivity index (χ2n) is 20.1. The summed E-state index contributed by atoms with van der Waals surface area (Å²) in [4.78, 5) is 100. The van der Waals surface area contributed by atoms with E-state index < -0.39 is 152 Å². The number of aromatic hydroxyl groups is 1. The molecule has 75 heavy (non-hydrogen) atoms. The Bertz CT molecular complexity index is 2110. The summed E-state index contributed by atoms with van der Waals surface area (Å²) in [6.45, 7) is 4.97. The number of aliphatic hydroxyl groups is 8. The van der Waals surface area contributed by atoms with Gasteiger partial charge in [-0.15, -0.1) is 0 Å². The Morgan fingerprint density at radius 2 is 1.24 bits per heavy atom. The number of rotatable bonds is 20. The first kappa shape index (κ1) is 62.0. The van der Waals surface area contributed by atoms with Crippen LogP contribution in [-0.2, 0) is 33.6 Å². The summed E-state index contributed by atoms with van der Waals surface area (Å²) in [6, 6.07) is -6.61. The van der Waals surface area contributed by atoms with E-state index in [1.165, 1.54) is 38.3 Å². The van der Waals surface area contributed by atoms with E-state index in [4.69, 9.17) is 0 Å². The number of hydrogen-bond acceptors (Lipinski definition) is 16. The van der Waals surface area contributed by atoms with Gasteiger partial charge in [-0.2, -0.15) is 0 Å². The Balaban J connectivity index is 1.62. The molecule has 1 aromatic rings. The van der Waals surface area contributed by atoms with E-state index >= 15 is 0 Å². The fraction of sp³-hybridized carbons (Fsp3) is 0.673. The summed E-state index contributed by atoms with van der Waals surface area (Å²) in [7, 11) is 0. The van der Waals surface area contributed by atoms with Crippen molar-refractivity contribution in [3.63, 3.8) is 0 Å². The molecule has 0 aromatic heterocycles. The van der Waals surface area contributed by atoms with Crippen LogP contribution in [0.4, 0.5) is 0 Å². The van der Waals surface area contributed by atoms with Crippen molar-refractivity contribution in [3.05, 3.63) is 54.1 Å². The van der Waals surface area contributed by atoms with E-state index in [-0.39, 0.29) is 24.3 Å². The summed E-state index contributed by atoms with van der Waals surface area (Å²) < 4.78 is 0. The normalized spacial score (nSPS) is 29.4. The molecule has 4 rings (SSSR count). The minimum atomic E-state index is -2.27. The predicted molar refractivity (Wildman–Crippen MR) is 271 cm³/mol. The highest BCUT2D eigenvalue weighted by Gasteiger charge is 2.50. The number of fused-ring (bicyclic) bond motifs is 2. The molecule has 0 unspecified atom stereocenters. The van der Waals surface area contributed by atoms with E-state index in [1.54, 1.807) is 0 Å². The lowest BCUT2D eigenvalue weighted by molar-refractivity contribution is -0.148. The number of carbonyl (C=O) groups excluding carboxylic acids is 7. The van der Waals surface area contributed by atoms with Crippen molar-refractivity contribution in [2.75, 3.05) is 13.1 Å². The Hall–Kier alpha value is -5.53. The van der Waals surface area contributed by atoms with Gasteiger partial charge in [0.1, 0.15) is 60.3 Å². The van der Waals surface area contributed by atoms with Crippen molar-refractivity contribution in [2.45, 2.75) is 203 Å². The number of allylic oxidation sites excluding steroid dienone is 4. The van der Waals surface area contributed by atoms with Gasteiger partial charge in [-0.25, -0.2) is 0 Å². The van der Waals surface area contributed by atoms with E-state index in [0.717, 1.165) is 74.3 Å². The molecule has 0 aliphatic carbocycles. The van der Waals surface area contributed by atoms with Crippen LogP contribution in [0.3, 0.4) is 0 Å². The van der Waals surface area contributed by atoms with Crippen LogP contribution in [0.15, 0.2) is 48.6 Å². The van der Waals surface area contributed by atoms with Crippen molar-refractivity contribution < 1.29 is 79.5 Å². The third kappa shape index (κ3) is 18.0. The summed E-state index contributed by atoms with van der Waals surface area (Å²) in [5.41, 5.74) is -0.0614. The Morgan fingerprint density at radius 3 is 1.85 bits per heavy atom. The fourth-order valence-corrected chi connectivity index (χ4v) is 9.39. The summed E-state index contributed by atoms with van der Waals surface area (Å²) in [5, 5.41) is 110. The molecule has 0 spiro atoms. The van der Waals surface area contributed by atoms with Gasteiger partial charge >= 0.3 is 0 Å². The zero-order valence-electron chi connectivity index (χ0n) is 43.4. The molecule has 15 atom stereocenters. The van der Waals surface area contributed by atoms with Crippen LogP contribution in [0, 0.1) is 5.92 Å². The maximum Gasteiger partial charge on any atom is 0.248 e. The maximum absolute atomic E-state index is 14.3. The number of carbonyl (C=O) groups is 7. The van der Waals surface area contributed by atoms with Gasteiger partial charge in [0.2, 0.25) is 41.4 Å². The molecule has 3 aliphatic heterocycles. The number of phenolic OH excluding ortho intramolecular Hbond substituents is 1. The van der Waals surface area contributed by atoms with Crippen LogP contribution in [-0.4, -0.2) is 189 Å². The quantitative estimate of drug-likeness (QED) is 0.0531. The first-order valence-electron chi connectivity index (χ1n) is 26.2. The van der Waals surface area contributed by atoms with Crippen LogP contribution in [0.5, 0.6) is 5.75 Å². The van der Waals surface area contributed by atoms with E-state index in [2.05, 4.69) is 57.8 Å². The average molecular weight is 1060 g/mol. The smallest absolute Gasteiger partial charge is 0.248 e. The minimum Gasteiger partial charge on any atom is -0.508 e. The number of unbranched alkanes of at least 4 members (excludes halogenated alkanes) is 8. The lowest BCUT2D eigenvalue weighted by Gasteiger charge is -2.34. The maximum atomic E-state index is 14.3. The molecule has 3 fully saturated rings. The van der Waals surface area contributed by atoms with Crippen LogP contribution in [0.25, 0.3) is 0 Å². The third-order valence-corrected chi connectivity index (χ3v) is 13.9. The van der Waals surface area contributed by atoms with Gasteiger partial charge in [-0.3, -0.25) is 33.6 Å². The number of aliphatic hydroxyl groups excluding tert-OH is 8. The highest BCUT2D eigenvalue weighted by molar-refractivity contribution is 5.98. The molecule has 3 heterocycles. The molecule has 7 amide bonds. The van der Waals surface area contributed by atoms with Crippen molar-refractivity contribution in [1.29, 1.82) is 0 Å². The van der Waals surface area contributed by atoms with Crippen molar-refractivity contribution in [3.8, 4) is 5.75 Å². The SMILES string of the molecule is CCCCC/C=C\C/C=C\CCCCCCCC(=O)N[C@H]1C[C@@H](O)[C@@H](O)NC(=O)[C@@H]2[C@@H](O)[C@@H](C)CN2C(=O)[C@H]([C@@H](C)O)NC(=O)[C@H]([C@H](O)[C@@H](O)c2ccc(O)cc2)NC(=O)[C@@H]2C[C@@H](O)CN2C(=O)[C@H]([C@@H](C)O)NC1=O. The minimum absolute atomic E-state index is 0.0614. The Kier molecular flexibility index (Phi) is 25.0. The molecule has 0 bridgehead atoms. The molecular weight excluding hydrogens is 979 g/mol. The Morgan fingerprint density at radius 1 is 0.680 bits per heavy atom. The van der Waals surface area contributed by atoms with Gasteiger partial charge in [0.15, 0.2) is 6.23 Å². The summed E-state index contributed by atoms with van der Waals surface area (Å²) in [6.07, 6.45) is 2.50. The number of nitrogens with one attached hydrogen (secondary N) is 5. The first-order valence-corrected chi connectivity index (χ1v) is 26.2. The number of amides is 7. The van der Waals surface area contributed by atoms with Gasteiger partial charge in [0.05, 0.1) is 24.4 Å². The molecule has 0 saturated carbocycles. The second kappa shape index (κ2) is 30.3. The van der Waals surface area contributed by atoms with Crippen molar-refractivity contribution in [2.24, 2.45) is 5.92 Å². The zero-order chi connectivity index (χ0) is 55.5. The Labute approximate surface area is 437 Å². The standard InChI is InChI=1S/C52H81N7O16/c1-5-6-7-8-9-10-11-12-13-14-15-16-17-18-19-20-38(65)53-35-26-37(64)48(71)57-50(73)42-43(66)29(2)27-59(42)52(75)40(31(4)61)55-49(72)41(45(68)44(67)32-21-23-33(62)24-22-32)56-47(70)36-25-34(63)28-58(36)51(74)39(30(3)60)54-46(35)69/h9-10,12-13,21-24,29-31,34-37,39-45,48,60-64,66-68,71H,5-8,11,14-20,25-28H2,1-4H3,(H,53,65)(H,54,69)(H,55,72)(H,56,70)(H,57,73)/b10-9-,13-12-/t29-,30+,31+,34+,35-,36-,37+,39-,40-,41-,42-,43-,44-,45-,48+/m0/s1. The van der Waals surface area contributed by atoms with Gasteiger partial charge in [0.25, 0.3) is 0 Å². The topological polar surface area (TPSA) is 368 Å². The van der Waals surface area contributed by atoms with Gasteiger partial charge in [-0.05, 0) is 70.1 Å². The summed E-state index contributed by atoms with van der Waals surface area (Å²) >= 11 is 0. The van der Waals surface area contributed by atoms with E-state index in [9.17, 15) is 79.5 Å². The van der Waals surface area contributed by atoms with Crippen molar-refractivity contribution >= 4 is 41.4 Å². The van der Waals surface area contributed by atoms with Crippen LogP contribution < -0.4 is 26.6 Å². The van der Waals surface area contributed by atoms with Crippen LogP contribution in [0.2, 0.25) is 0 Å². The van der Waals surface area contributed by atoms with Gasteiger partial charge in [-0.1, -0.05) is 82.4 Å². The molecule has 23 nitrogen and oxygen atoms in total. The second-order valence-corrected chi connectivity index (χ2v) is 20.1. The van der Waals surface area contributed by atoms with Crippen LogP contribution >= 0.6 is 0 Å². The molecule has 3 saturated heterocycles. The molecule has 23 heteroatoms. The fourth-order valence-electron chi connectivity index (χ4n) is 9.39. The van der Waals surface area contributed by atoms with Crippen molar-refractivity contribution in [1.82, 2.24) is 36.4 Å². The molecular formula is C52H81N7O16. The highest BCUT2D eigenvalue weighted by Crippen LogP contribution is 2.28. The monoisotopic (exact) mass is 1060 g/mol. The molecule has 1 aromatic carbocycles. The number of benzene rings is 1. The lowest BCUT2D eigenvalue weighted by Crippen LogP contribution is -2.64. The van der Waals surface area contributed by atoms with Gasteiger partial charge in [0, 0.05) is 38.3 Å². The number of hydrogen-bond donors (Lipinski definition) is 14. The molecule has 420 valence electrons. The third-order valence-electron chi connectivity index (χ3n) is 13.9.